The SMILES string of the molecule is C[CH-]C.C[CH-]C.C[CH-]C.[CH2-]C(=O)c1cc(O)c(O)c(O)c1.[CH2-]C(=O)c1cc(O)cc(O)c1.[CH2-]C(=O)c1ccc(O)c(O)c1.[Y].[Y].[Y]. The Labute approximate surface area is 348 Å². The fourth-order valence-electron chi connectivity index (χ4n) is 2.22. The minimum atomic E-state index is -0.639. The fraction of sp³-hybridized carbons (Fsp3) is 0.182. The molecule has 0 aliphatic carbocycles. The summed E-state index contributed by atoms with van der Waals surface area (Å²) in [5.74, 6) is -3.91. The van der Waals surface area contributed by atoms with Crippen LogP contribution in [-0.4, -0.2) is 53.1 Å². The standard InChI is InChI=1S/C8H7O4.2C8H7O3.3C3H7.3Y/c1-4(9)5-2-6(10)8(12)7(11)3-5;1-5(9)6-2-7(10)4-8(11)3-6;1-5(9)6-2-3-7(10)8(11)4-6;3*1-3-2;;;/h2-3,10-12H,1H2;2*2-4,10-11H,1H2;3*3H,1-2H3;;;/q6*-1;;;. The van der Waals surface area contributed by atoms with Crippen molar-refractivity contribution < 1.29 is 148 Å². The van der Waals surface area contributed by atoms with Crippen LogP contribution in [0.5, 0.6) is 40.2 Å². The molecule has 46 heavy (non-hydrogen) atoms. The van der Waals surface area contributed by atoms with E-state index in [4.69, 9.17) is 35.7 Å². The van der Waals surface area contributed by atoms with Crippen LogP contribution in [0.1, 0.15) is 72.6 Å². The summed E-state index contributed by atoms with van der Waals surface area (Å²) in [6.07, 6.45) is 6.00. The van der Waals surface area contributed by atoms with E-state index in [2.05, 4.69) is 20.8 Å². The minimum absolute atomic E-state index is 0. The molecule has 3 radical (unpaired) electrons. The zero-order chi connectivity index (χ0) is 34.3. The number of phenolic OH excluding ortho intramolecular Hbond substituents is 7. The number of phenols is 7. The molecule has 10 nitrogen and oxygen atoms in total. The Balaban J connectivity index is -0.000000112. The van der Waals surface area contributed by atoms with E-state index < -0.39 is 28.8 Å². The molecule has 7 N–H and O–H groups in total. The van der Waals surface area contributed by atoms with Crippen LogP contribution in [0.2, 0.25) is 0 Å². The molecule has 13 heteroatoms. The van der Waals surface area contributed by atoms with Crippen LogP contribution in [-0.2, 0) is 98.1 Å². The molecule has 3 aromatic rings. The molecule has 3 rings (SSSR count). The molecule has 0 aromatic heterocycles. The molecule has 0 saturated carbocycles. The van der Waals surface area contributed by atoms with Crippen molar-refractivity contribution in [2.75, 3.05) is 0 Å². The van der Waals surface area contributed by atoms with Crippen molar-refractivity contribution in [3.8, 4) is 40.2 Å². The summed E-state index contributed by atoms with van der Waals surface area (Å²) in [4.78, 5) is 31.9. The minimum Gasteiger partial charge on any atom is -0.509 e. The van der Waals surface area contributed by atoms with Crippen LogP contribution < -0.4 is 0 Å². The Morgan fingerprint density at radius 1 is 0.457 bits per heavy atom. The van der Waals surface area contributed by atoms with Gasteiger partial charge in [-0.15, -0.1) is 22.8 Å². The quantitative estimate of drug-likeness (QED) is 0.0844. The molecular weight excluding hydrogens is 823 g/mol. The number of rotatable bonds is 3. The molecule has 0 fully saturated rings. The molecule has 249 valence electrons. The van der Waals surface area contributed by atoms with Gasteiger partial charge in [0.2, 0.25) is 0 Å². The van der Waals surface area contributed by atoms with Crippen molar-refractivity contribution in [2.24, 2.45) is 0 Å². The Morgan fingerprint density at radius 2 is 0.739 bits per heavy atom. The van der Waals surface area contributed by atoms with Gasteiger partial charge in [0.1, 0.15) is 28.7 Å². The predicted molar refractivity (Wildman–Crippen MR) is 167 cm³/mol. The second-order valence-electron chi connectivity index (χ2n) is 8.31. The van der Waals surface area contributed by atoms with Crippen LogP contribution in [0.15, 0.2) is 48.5 Å². The Morgan fingerprint density at radius 3 is 1.02 bits per heavy atom. The first-order valence-corrected chi connectivity index (χ1v) is 12.6. The molecule has 0 unspecified atom stereocenters. The van der Waals surface area contributed by atoms with Gasteiger partial charge >= 0.3 is 0 Å². The number of benzene rings is 3. The van der Waals surface area contributed by atoms with Gasteiger partial charge in [-0.2, -0.15) is 62.3 Å². The summed E-state index contributed by atoms with van der Waals surface area (Å²) in [6, 6.07) is 9.51. The van der Waals surface area contributed by atoms with E-state index >= 15 is 0 Å². The number of ketones is 3. The van der Waals surface area contributed by atoms with Crippen molar-refractivity contribution in [2.45, 2.75) is 41.5 Å². The van der Waals surface area contributed by atoms with Gasteiger partial charge in [-0.05, 0) is 6.07 Å². The first-order valence-electron chi connectivity index (χ1n) is 12.6. The van der Waals surface area contributed by atoms with E-state index in [0.29, 0.717) is 0 Å². The molecule has 0 aliphatic rings. The van der Waals surface area contributed by atoms with E-state index in [1.165, 1.54) is 30.3 Å². The third kappa shape index (κ3) is 27.3. The third-order valence-electron chi connectivity index (χ3n) is 3.91. The van der Waals surface area contributed by atoms with Crippen LogP contribution in [0.4, 0.5) is 0 Å². The Kier molecular flexibility index (Phi) is 40.7. The van der Waals surface area contributed by atoms with Crippen molar-refractivity contribution in [1.82, 2.24) is 0 Å². The van der Waals surface area contributed by atoms with Gasteiger partial charge < -0.3 is 69.4 Å². The van der Waals surface area contributed by atoms with Crippen LogP contribution in [0, 0.1) is 40.0 Å². The van der Waals surface area contributed by atoms with E-state index in [1.54, 1.807) is 0 Å². The maximum Gasteiger partial charge on any atom is 0.197 e. The van der Waals surface area contributed by atoms with Crippen molar-refractivity contribution in [3.63, 3.8) is 0 Å². The maximum atomic E-state index is 10.6. The summed E-state index contributed by atoms with van der Waals surface area (Å²) in [7, 11) is 0. The van der Waals surface area contributed by atoms with Gasteiger partial charge in [0.15, 0.2) is 11.5 Å². The second kappa shape index (κ2) is 33.1. The number of carbonyl (C=O) groups excluding carboxylic acids is 3. The van der Waals surface area contributed by atoms with Crippen LogP contribution >= 0.6 is 0 Å². The van der Waals surface area contributed by atoms with Crippen molar-refractivity contribution >= 4 is 17.3 Å². The molecule has 0 heterocycles. The van der Waals surface area contributed by atoms with E-state index in [0.717, 1.165) is 18.2 Å². The smallest absolute Gasteiger partial charge is 0.197 e. The van der Waals surface area contributed by atoms with Gasteiger partial charge in [-0.3, -0.25) is 0 Å². The number of aromatic hydroxyl groups is 7. The molecule has 3 aromatic carbocycles. The number of carbonyl (C=O) groups is 3. The average Bonchev–Trinajstić information content (AvgIpc) is 2.90. The van der Waals surface area contributed by atoms with Gasteiger partial charge in [0.25, 0.3) is 0 Å². The summed E-state index contributed by atoms with van der Waals surface area (Å²) in [5, 5.41) is 62.3. The zero-order valence-corrected chi connectivity index (χ0v) is 35.6. The van der Waals surface area contributed by atoms with Crippen LogP contribution in [0.25, 0.3) is 0 Å². The van der Waals surface area contributed by atoms with Crippen molar-refractivity contribution in [1.29, 1.82) is 0 Å². The predicted octanol–water partition coefficient (Wildman–Crippen LogP) is 6.73. The Hall–Kier alpha value is -1.81. The Bertz CT molecular complexity index is 1230. The fourth-order valence-corrected chi connectivity index (χ4v) is 2.22. The number of Topliss-reactive ketones (excluding diaryl/α,β-unsaturated/α-hetero) is 3. The van der Waals surface area contributed by atoms with Gasteiger partial charge in [0.05, 0.1) is 0 Å². The molecule has 0 bridgehead atoms. The topological polar surface area (TPSA) is 193 Å². The van der Waals surface area contributed by atoms with E-state index in [9.17, 15) is 14.4 Å². The van der Waals surface area contributed by atoms with E-state index in [1.807, 2.05) is 60.8 Å². The molecule has 0 amide bonds. The largest absolute Gasteiger partial charge is 0.509 e. The number of hydrogen-bond acceptors (Lipinski definition) is 10. The normalized spacial score (nSPS) is 8.22. The average molecular weight is 865 g/mol. The molecular formula is C33H42O10Y3-6. The number of hydrogen-bond donors (Lipinski definition) is 7. The zero-order valence-electron chi connectivity index (χ0n) is 27.1. The van der Waals surface area contributed by atoms with Gasteiger partial charge in [-0.25, -0.2) is 0 Å². The third-order valence-corrected chi connectivity index (χ3v) is 3.91. The van der Waals surface area contributed by atoms with Gasteiger partial charge in [-0.1, -0.05) is 30.3 Å². The van der Waals surface area contributed by atoms with E-state index in [-0.39, 0.29) is 144 Å². The molecule has 0 spiro atoms. The maximum absolute atomic E-state index is 10.6. The monoisotopic (exact) mass is 865 g/mol. The summed E-state index contributed by atoms with van der Waals surface area (Å²) in [6.45, 7) is 21.4. The summed E-state index contributed by atoms with van der Waals surface area (Å²) in [5.41, 5.74) is 0.519. The second-order valence-corrected chi connectivity index (χ2v) is 8.31. The molecule has 0 aliphatic heterocycles. The molecule has 0 atom stereocenters. The summed E-state index contributed by atoms with van der Waals surface area (Å²) >= 11 is 0. The summed E-state index contributed by atoms with van der Waals surface area (Å²) < 4.78 is 0. The van der Waals surface area contributed by atoms with Crippen molar-refractivity contribution in [3.05, 3.63) is 105 Å². The first kappa shape index (κ1) is 56.5. The molecule has 0 saturated heterocycles. The van der Waals surface area contributed by atoms with Crippen LogP contribution in [0.3, 0.4) is 0 Å². The van der Waals surface area contributed by atoms with Gasteiger partial charge in [0, 0.05) is 122 Å². The first-order chi connectivity index (χ1) is 20.0.